The molecule has 96 valence electrons. The molecule has 0 radical (unpaired) electrons. The molecule has 1 aliphatic carbocycles. The fourth-order valence-electron chi connectivity index (χ4n) is 2.72. The molecule has 0 saturated heterocycles. The second kappa shape index (κ2) is 4.48. The van der Waals surface area contributed by atoms with E-state index in [-0.39, 0.29) is 5.60 Å². The summed E-state index contributed by atoms with van der Waals surface area (Å²) < 4.78 is 5.77. The Kier molecular flexibility index (Phi) is 2.95. The average Bonchev–Trinajstić information content (AvgIpc) is 2.88. The molecule has 0 aromatic carbocycles. The van der Waals surface area contributed by atoms with Crippen molar-refractivity contribution in [3.8, 4) is 0 Å². The normalized spacial score (nSPS) is 19.2. The van der Waals surface area contributed by atoms with Gasteiger partial charge in [0.15, 0.2) is 5.82 Å². The number of nitrogens with two attached hydrogens (primary N) is 1. The molecule has 2 aromatic heterocycles. The van der Waals surface area contributed by atoms with Crippen LogP contribution in [-0.2, 0) is 10.3 Å². The summed E-state index contributed by atoms with van der Waals surface area (Å²) in [4.78, 5) is 10.1. The number of methoxy groups -OCH3 is 1. The first kappa shape index (κ1) is 11.9. The van der Waals surface area contributed by atoms with Crippen LogP contribution in [0.25, 0.3) is 10.2 Å². The Morgan fingerprint density at radius 1 is 1.28 bits per heavy atom. The van der Waals surface area contributed by atoms with Crippen molar-refractivity contribution in [3.63, 3.8) is 0 Å². The molecule has 0 aliphatic heterocycles. The average molecular weight is 263 g/mol. The Labute approximate surface area is 110 Å². The van der Waals surface area contributed by atoms with Crippen LogP contribution in [0.1, 0.15) is 37.9 Å². The van der Waals surface area contributed by atoms with Gasteiger partial charge in [0, 0.05) is 7.11 Å². The van der Waals surface area contributed by atoms with Gasteiger partial charge in [0.25, 0.3) is 0 Å². The number of nitrogen functional groups attached to an aromatic ring is 1. The van der Waals surface area contributed by atoms with Gasteiger partial charge in [-0.05, 0) is 24.3 Å². The number of nitrogens with zero attached hydrogens (tertiary/aromatic N) is 2. The first-order chi connectivity index (χ1) is 8.75. The summed E-state index contributed by atoms with van der Waals surface area (Å²) in [7, 11) is 1.75. The topological polar surface area (TPSA) is 61.0 Å². The fourth-order valence-corrected chi connectivity index (χ4v) is 3.50. The maximum atomic E-state index is 6.02. The van der Waals surface area contributed by atoms with Gasteiger partial charge >= 0.3 is 0 Å². The highest BCUT2D eigenvalue weighted by Gasteiger charge is 2.37. The van der Waals surface area contributed by atoms with Gasteiger partial charge in [-0.1, -0.05) is 19.3 Å². The summed E-state index contributed by atoms with van der Waals surface area (Å²) in [5, 5.41) is 2.95. The Morgan fingerprint density at radius 2 is 2.06 bits per heavy atom. The standard InChI is InChI=1S/C13H17N3OS/c1-17-13(6-3-2-4-7-13)12-15-10(14)9-5-8-18-11(9)16-12/h5,8H,2-4,6-7H2,1H3,(H2,14,15,16). The number of thiophene rings is 1. The monoisotopic (exact) mass is 263 g/mol. The fraction of sp³-hybridized carbons (Fsp3) is 0.538. The smallest absolute Gasteiger partial charge is 0.164 e. The predicted molar refractivity (Wildman–Crippen MR) is 73.6 cm³/mol. The number of ether oxygens (including phenoxy) is 1. The van der Waals surface area contributed by atoms with E-state index in [1.54, 1.807) is 18.4 Å². The van der Waals surface area contributed by atoms with Crippen LogP contribution in [-0.4, -0.2) is 17.1 Å². The molecule has 2 N–H and O–H groups in total. The van der Waals surface area contributed by atoms with Gasteiger partial charge < -0.3 is 10.5 Å². The van der Waals surface area contributed by atoms with E-state index in [4.69, 9.17) is 10.5 Å². The lowest BCUT2D eigenvalue weighted by atomic mass is 9.84. The highest BCUT2D eigenvalue weighted by molar-refractivity contribution is 7.16. The molecule has 4 nitrogen and oxygen atoms in total. The summed E-state index contributed by atoms with van der Waals surface area (Å²) >= 11 is 1.60. The molecule has 18 heavy (non-hydrogen) atoms. The molecule has 0 spiro atoms. The van der Waals surface area contributed by atoms with Gasteiger partial charge in [0.2, 0.25) is 0 Å². The van der Waals surface area contributed by atoms with Crippen molar-refractivity contribution in [1.82, 2.24) is 9.97 Å². The van der Waals surface area contributed by atoms with Gasteiger partial charge in [-0.2, -0.15) is 0 Å². The molecule has 2 aromatic rings. The number of aromatic nitrogens is 2. The zero-order valence-electron chi connectivity index (χ0n) is 10.5. The third-order valence-corrected chi connectivity index (χ3v) is 4.62. The summed E-state index contributed by atoms with van der Waals surface area (Å²) in [5.74, 6) is 1.33. The number of fused-ring (bicyclic) bond motifs is 1. The molecule has 2 heterocycles. The van der Waals surface area contributed by atoms with Crippen molar-refractivity contribution in [3.05, 3.63) is 17.3 Å². The maximum absolute atomic E-state index is 6.02. The van der Waals surface area contributed by atoms with Crippen LogP contribution < -0.4 is 5.73 Å². The van der Waals surface area contributed by atoms with Crippen LogP contribution in [0.5, 0.6) is 0 Å². The van der Waals surface area contributed by atoms with Crippen LogP contribution in [0.3, 0.4) is 0 Å². The van der Waals surface area contributed by atoms with Crippen molar-refractivity contribution in [1.29, 1.82) is 0 Å². The van der Waals surface area contributed by atoms with Gasteiger partial charge in [0.1, 0.15) is 16.2 Å². The highest BCUT2D eigenvalue weighted by atomic mass is 32.1. The SMILES string of the molecule is COC1(c2nc(N)c3ccsc3n2)CCCCC1. The molecule has 1 aliphatic rings. The number of rotatable bonds is 2. The summed E-state index contributed by atoms with van der Waals surface area (Å²) in [6.45, 7) is 0. The number of anilines is 1. The van der Waals surface area contributed by atoms with Crippen molar-refractivity contribution in [2.75, 3.05) is 12.8 Å². The van der Waals surface area contributed by atoms with Crippen molar-refractivity contribution in [2.24, 2.45) is 0 Å². The molecular weight excluding hydrogens is 246 g/mol. The Morgan fingerprint density at radius 3 is 2.78 bits per heavy atom. The zero-order valence-corrected chi connectivity index (χ0v) is 11.3. The molecule has 1 saturated carbocycles. The molecule has 1 fully saturated rings. The lowest BCUT2D eigenvalue weighted by molar-refractivity contribution is -0.0511. The van der Waals surface area contributed by atoms with E-state index in [9.17, 15) is 0 Å². The van der Waals surface area contributed by atoms with Gasteiger partial charge in [0.05, 0.1) is 5.39 Å². The first-order valence-corrected chi connectivity index (χ1v) is 7.19. The largest absolute Gasteiger partial charge is 0.383 e. The van der Waals surface area contributed by atoms with Crippen LogP contribution in [0, 0.1) is 0 Å². The predicted octanol–water partition coefficient (Wildman–Crippen LogP) is 3.08. The van der Waals surface area contributed by atoms with Gasteiger partial charge in [-0.25, -0.2) is 9.97 Å². The molecule has 0 atom stereocenters. The lowest BCUT2D eigenvalue weighted by Gasteiger charge is -2.34. The van der Waals surface area contributed by atoms with E-state index < -0.39 is 0 Å². The first-order valence-electron chi connectivity index (χ1n) is 6.31. The summed E-state index contributed by atoms with van der Waals surface area (Å²) in [6, 6.07) is 1.97. The van der Waals surface area contributed by atoms with Gasteiger partial charge in [-0.3, -0.25) is 0 Å². The second-order valence-electron chi connectivity index (χ2n) is 4.83. The van der Waals surface area contributed by atoms with Crippen LogP contribution >= 0.6 is 11.3 Å². The van der Waals surface area contributed by atoms with Crippen molar-refractivity contribution < 1.29 is 4.74 Å². The highest BCUT2D eigenvalue weighted by Crippen LogP contribution is 2.39. The molecular formula is C13H17N3OS. The molecule has 5 heteroatoms. The van der Waals surface area contributed by atoms with Crippen LogP contribution in [0.15, 0.2) is 11.4 Å². The Balaban J connectivity index is 2.11. The molecule has 0 unspecified atom stereocenters. The van der Waals surface area contributed by atoms with E-state index in [1.165, 1.54) is 19.3 Å². The van der Waals surface area contributed by atoms with Crippen LogP contribution in [0.4, 0.5) is 5.82 Å². The summed E-state index contributed by atoms with van der Waals surface area (Å²) in [5.41, 5.74) is 5.69. The minimum absolute atomic E-state index is 0.329. The summed E-state index contributed by atoms with van der Waals surface area (Å²) in [6.07, 6.45) is 5.57. The minimum atomic E-state index is -0.329. The van der Waals surface area contributed by atoms with Crippen molar-refractivity contribution >= 4 is 27.4 Å². The van der Waals surface area contributed by atoms with E-state index in [0.717, 1.165) is 28.9 Å². The lowest BCUT2D eigenvalue weighted by Crippen LogP contribution is -2.33. The van der Waals surface area contributed by atoms with E-state index >= 15 is 0 Å². The zero-order chi connectivity index (χ0) is 12.6. The second-order valence-corrected chi connectivity index (χ2v) is 5.73. The number of hydrogen-bond acceptors (Lipinski definition) is 5. The van der Waals surface area contributed by atoms with E-state index in [0.29, 0.717) is 5.82 Å². The Hall–Kier alpha value is -1.20. The Bertz CT molecular complexity index is 560. The van der Waals surface area contributed by atoms with Gasteiger partial charge in [-0.15, -0.1) is 11.3 Å². The molecule has 0 bridgehead atoms. The quantitative estimate of drug-likeness (QED) is 0.904. The third-order valence-electron chi connectivity index (χ3n) is 3.81. The van der Waals surface area contributed by atoms with Crippen molar-refractivity contribution in [2.45, 2.75) is 37.7 Å². The van der Waals surface area contributed by atoms with E-state index in [2.05, 4.69) is 9.97 Å². The van der Waals surface area contributed by atoms with E-state index in [1.807, 2.05) is 11.4 Å². The third kappa shape index (κ3) is 1.78. The molecule has 0 amide bonds. The molecule has 3 rings (SSSR count). The number of hydrogen-bond donors (Lipinski definition) is 1. The maximum Gasteiger partial charge on any atom is 0.164 e. The van der Waals surface area contributed by atoms with Crippen LogP contribution in [0.2, 0.25) is 0 Å². The minimum Gasteiger partial charge on any atom is -0.383 e.